The molecule has 0 bridgehead atoms. The van der Waals surface area contributed by atoms with E-state index in [4.69, 9.17) is 5.84 Å². The van der Waals surface area contributed by atoms with Crippen LogP contribution in [-0.4, -0.2) is 34.5 Å². The molecule has 1 aliphatic rings. The standard InChI is InChI=1S/C22H33N3O/c1-5-18(6-2)24-11-9-16(10-12-24)20-14-25(23)21-8-7-17(13-19(20)21)22(26)15(3)4/h7-8,13-16,18H,5-6,9-12,23H2,1-4H3. The van der Waals surface area contributed by atoms with Gasteiger partial charge in [0.15, 0.2) is 5.78 Å². The first-order valence-corrected chi connectivity index (χ1v) is 10.1. The van der Waals surface area contributed by atoms with E-state index < -0.39 is 0 Å². The highest BCUT2D eigenvalue weighted by Crippen LogP contribution is 2.35. The zero-order valence-electron chi connectivity index (χ0n) is 16.7. The van der Waals surface area contributed by atoms with E-state index in [-0.39, 0.29) is 11.7 Å². The molecule has 4 heteroatoms. The van der Waals surface area contributed by atoms with Gasteiger partial charge in [-0.1, -0.05) is 27.7 Å². The Hall–Kier alpha value is -1.81. The second-order valence-electron chi connectivity index (χ2n) is 8.02. The van der Waals surface area contributed by atoms with Crippen LogP contribution < -0.4 is 5.84 Å². The zero-order chi connectivity index (χ0) is 18.8. The van der Waals surface area contributed by atoms with Crippen molar-refractivity contribution in [3.05, 3.63) is 35.5 Å². The molecule has 0 radical (unpaired) electrons. The first-order chi connectivity index (χ1) is 12.5. The molecule has 0 amide bonds. The maximum absolute atomic E-state index is 12.4. The fourth-order valence-electron chi connectivity index (χ4n) is 4.47. The highest BCUT2D eigenvalue weighted by atomic mass is 16.1. The Bertz CT molecular complexity index is 765. The van der Waals surface area contributed by atoms with Crippen LogP contribution in [0.25, 0.3) is 10.9 Å². The Labute approximate surface area is 157 Å². The van der Waals surface area contributed by atoms with Crippen LogP contribution in [0.3, 0.4) is 0 Å². The van der Waals surface area contributed by atoms with E-state index in [1.54, 1.807) is 4.68 Å². The molecule has 2 N–H and O–H groups in total. The zero-order valence-corrected chi connectivity index (χ0v) is 16.7. The lowest BCUT2D eigenvalue weighted by Gasteiger charge is -2.37. The van der Waals surface area contributed by atoms with Gasteiger partial charge in [0, 0.05) is 29.1 Å². The number of nitrogens with two attached hydrogens (primary N) is 1. The first-order valence-electron chi connectivity index (χ1n) is 10.1. The summed E-state index contributed by atoms with van der Waals surface area (Å²) >= 11 is 0. The average molecular weight is 356 g/mol. The molecule has 1 fully saturated rings. The Morgan fingerprint density at radius 1 is 1.19 bits per heavy atom. The minimum absolute atomic E-state index is 0.0131. The van der Waals surface area contributed by atoms with Crippen LogP contribution in [0.5, 0.6) is 0 Å². The van der Waals surface area contributed by atoms with Crippen molar-refractivity contribution in [2.24, 2.45) is 5.92 Å². The van der Waals surface area contributed by atoms with Gasteiger partial charge in [-0.15, -0.1) is 0 Å². The van der Waals surface area contributed by atoms with Crippen LogP contribution in [0, 0.1) is 5.92 Å². The predicted octanol–water partition coefficient (Wildman–Crippen LogP) is 4.56. The van der Waals surface area contributed by atoms with Crippen LogP contribution in [0.15, 0.2) is 24.4 Å². The van der Waals surface area contributed by atoms with E-state index in [1.807, 2.05) is 26.0 Å². The number of ketones is 1. The van der Waals surface area contributed by atoms with Gasteiger partial charge in [-0.3, -0.25) is 9.47 Å². The molecule has 0 spiro atoms. The normalized spacial score (nSPS) is 16.8. The number of likely N-dealkylation sites (tertiary alicyclic amines) is 1. The van der Waals surface area contributed by atoms with Crippen LogP contribution in [0.4, 0.5) is 0 Å². The van der Waals surface area contributed by atoms with Crippen LogP contribution in [-0.2, 0) is 0 Å². The Kier molecular flexibility index (Phi) is 5.71. The molecule has 0 atom stereocenters. The second kappa shape index (κ2) is 7.83. The van der Waals surface area contributed by atoms with Crippen molar-refractivity contribution in [3.8, 4) is 0 Å². The number of Topliss-reactive ketones (excluding diaryl/α,β-unsaturated/α-hetero) is 1. The van der Waals surface area contributed by atoms with Gasteiger partial charge in [0.05, 0.1) is 5.52 Å². The molecule has 142 valence electrons. The average Bonchev–Trinajstić information content (AvgIpc) is 2.99. The van der Waals surface area contributed by atoms with E-state index in [0.29, 0.717) is 12.0 Å². The highest BCUT2D eigenvalue weighted by molar-refractivity contribution is 6.01. The lowest BCUT2D eigenvalue weighted by atomic mass is 9.87. The summed E-state index contributed by atoms with van der Waals surface area (Å²) in [5.74, 6) is 6.95. The molecule has 2 aromatic rings. The molecule has 0 aliphatic carbocycles. The van der Waals surface area contributed by atoms with E-state index in [0.717, 1.165) is 42.4 Å². The first kappa shape index (κ1) is 19.0. The number of carbonyl (C=O) groups is 1. The largest absolute Gasteiger partial charge is 0.339 e. The van der Waals surface area contributed by atoms with Gasteiger partial charge in [-0.05, 0) is 68.5 Å². The van der Waals surface area contributed by atoms with Crippen LogP contribution in [0.1, 0.15) is 75.2 Å². The quantitative estimate of drug-likeness (QED) is 0.610. The Balaban J connectivity index is 1.86. The fraction of sp³-hybridized carbons (Fsp3) is 0.591. The van der Waals surface area contributed by atoms with Gasteiger partial charge < -0.3 is 10.7 Å². The molecule has 3 rings (SSSR count). The van der Waals surface area contributed by atoms with Gasteiger partial charge in [-0.25, -0.2) is 0 Å². The third-order valence-electron chi connectivity index (χ3n) is 6.10. The number of carbonyl (C=O) groups excluding carboxylic acids is 1. The van der Waals surface area contributed by atoms with Crippen LogP contribution >= 0.6 is 0 Å². The number of nitrogens with zero attached hydrogens (tertiary/aromatic N) is 2. The second-order valence-corrected chi connectivity index (χ2v) is 8.02. The van der Waals surface area contributed by atoms with Crippen molar-refractivity contribution in [3.63, 3.8) is 0 Å². The smallest absolute Gasteiger partial charge is 0.165 e. The summed E-state index contributed by atoms with van der Waals surface area (Å²) in [5, 5.41) is 1.15. The topological polar surface area (TPSA) is 51.3 Å². The van der Waals surface area contributed by atoms with Crippen molar-refractivity contribution in [2.45, 2.75) is 65.3 Å². The van der Waals surface area contributed by atoms with E-state index in [2.05, 4.69) is 31.0 Å². The molecular weight excluding hydrogens is 322 g/mol. The summed E-state index contributed by atoms with van der Waals surface area (Å²) in [5.41, 5.74) is 3.13. The Morgan fingerprint density at radius 3 is 2.42 bits per heavy atom. The molecule has 1 aromatic carbocycles. The molecule has 1 aliphatic heterocycles. The number of hydrogen-bond acceptors (Lipinski definition) is 3. The molecule has 4 nitrogen and oxygen atoms in total. The molecule has 26 heavy (non-hydrogen) atoms. The van der Waals surface area contributed by atoms with Crippen LogP contribution in [0.2, 0.25) is 0 Å². The molecule has 1 saturated heterocycles. The number of nitrogen functional groups attached to an aromatic ring is 1. The molecule has 0 unspecified atom stereocenters. The van der Waals surface area contributed by atoms with E-state index in [9.17, 15) is 4.79 Å². The summed E-state index contributed by atoms with van der Waals surface area (Å²) in [7, 11) is 0. The summed E-state index contributed by atoms with van der Waals surface area (Å²) in [6, 6.07) is 6.67. The monoisotopic (exact) mass is 355 g/mol. The van der Waals surface area contributed by atoms with Gasteiger partial charge in [0.1, 0.15) is 0 Å². The maximum Gasteiger partial charge on any atom is 0.165 e. The number of benzene rings is 1. The number of aromatic nitrogens is 1. The molecule has 2 heterocycles. The van der Waals surface area contributed by atoms with E-state index in [1.165, 1.54) is 18.4 Å². The summed E-state index contributed by atoms with van der Waals surface area (Å²) < 4.78 is 1.72. The summed E-state index contributed by atoms with van der Waals surface area (Å²) in [6.45, 7) is 10.8. The highest BCUT2D eigenvalue weighted by Gasteiger charge is 2.26. The molecular formula is C22H33N3O. The summed E-state index contributed by atoms with van der Waals surface area (Å²) in [4.78, 5) is 15.1. The van der Waals surface area contributed by atoms with Crippen molar-refractivity contribution in [1.82, 2.24) is 9.58 Å². The minimum atomic E-state index is 0.0131. The number of fused-ring (bicyclic) bond motifs is 1. The van der Waals surface area contributed by atoms with Crippen molar-refractivity contribution in [2.75, 3.05) is 18.9 Å². The maximum atomic E-state index is 12.4. The predicted molar refractivity (Wildman–Crippen MR) is 109 cm³/mol. The third-order valence-corrected chi connectivity index (χ3v) is 6.10. The lowest BCUT2D eigenvalue weighted by Crippen LogP contribution is -2.40. The summed E-state index contributed by atoms with van der Waals surface area (Å²) in [6.07, 6.45) is 6.86. The van der Waals surface area contributed by atoms with Gasteiger partial charge in [-0.2, -0.15) is 0 Å². The number of rotatable bonds is 6. The SMILES string of the molecule is CCC(CC)N1CCC(c2cn(N)c3ccc(C(=O)C(C)C)cc23)CC1. The lowest BCUT2D eigenvalue weighted by molar-refractivity contribution is 0.0939. The van der Waals surface area contributed by atoms with Crippen molar-refractivity contribution >= 4 is 16.7 Å². The molecule has 0 saturated carbocycles. The van der Waals surface area contributed by atoms with Gasteiger partial charge in [0.25, 0.3) is 0 Å². The number of hydrogen-bond donors (Lipinski definition) is 1. The van der Waals surface area contributed by atoms with Gasteiger partial charge in [0.2, 0.25) is 0 Å². The fourth-order valence-corrected chi connectivity index (χ4v) is 4.47. The van der Waals surface area contributed by atoms with E-state index >= 15 is 0 Å². The van der Waals surface area contributed by atoms with Crippen molar-refractivity contribution < 1.29 is 4.79 Å². The number of piperidine rings is 1. The van der Waals surface area contributed by atoms with Crippen molar-refractivity contribution in [1.29, 1.82) is 0 Å². The molecule has 1 aromatic heterocycles. The van der Waals surface area contributed by atoms with Gasteiger partial charge >= 0.3 is 0 Å². The Morgan fingerprint density at radius 2 is 1.85 bits per heavy atom. The minimum Gasteiger partial charge on any atom is -0.339 e. The third kappa shape index (κ3) is 3.52.